The fraction of sp³-hybridized carbons (Fsp3) is 0.500. The number of nitrogens with one attached hydrogen (secondary N) is 2. The number of sulfonamides is 1. The second-order valence-electron chi connectivity index (χ2n) is 9.28. The van der Waals surface area contributed by atoms with E-state index >= 15 is 0 Å². The first-order valence-electron chi connectivity index (χ1n) is 12.1. The summed E-state index contributed by atoms with van der Waals surface area (Å²) in [6.45, 7) is 12.6. The van der Waals surface area contributed by atoms with Gasteiger partial charge in [0.2, 0.25) is 10.0 Å². The van der Waals surface area contributed by atoms with Gasteiger partial charge in [-0.1, -0.05) is 32.9 Å². The van der Waals surface area contributed by atoms with Gasteiger partial charge in [0.25, 0.3) is 5.91 Å². The topological polar surface area (TPSA) is 108 Å². The maximum Gasteiger partial charge on any atom is 0.251 e. The number of aliphatic hydroxyl groups is 1. The molecule has 0 aliphatic carbocycles. The molecule has 2 aromatic carbocycles. The standard InChI is InChI=1S/C26H37N3O5S/c1-6-18-9-12-20(13-10-18)35(32,33)28-23-21-17-19(25(31)27-15-16-29(7-2)8-3)11-14-22(21)34-26(4,5)24(23)30/h9-14,17,23-24,28,30H,6-8,15-16H2,1-5H3,(H,27,31)/t23-,24+/m1/s1. The number of hydrogen-bond donors (Lipinski definition) is 3. The number of aliphatic hydroxyl groups excluding tert-OH is 1. The number of carbonyl (C=O) groups excluding carboxylic acids is 1. The lowest BCUT2D eigenvalue weighted by atomic mass is 9.86. The molecule has 1 aliphatic rings. The number of amides is 1. The van der Waals surface area contributed by atoms with Crippen molar-refractivity contribution in [1.29, 1.82) is 0 Å². The summed E-state index contributed by atoms with van der Waals surface area (Å²) in [5.74, 6) is 0.157. The van der Waals surface area contributed by atoms with Gasteiger partial charge in [0.05, 0.1) is 10.9 Å². The highest BCUT2D eigenvalue weighted by molar-refractivity contribution is 7.89. The first-order valence-corrected chi connectivity index (χ1v) is 13.6. The Kier molecular flexibility index (Phi) is 8.58. The van der Waals surface area contributed by atoms with Gasteiger partial charge in [-0.15, -0.1) is 0 Å². The van der Waals surface area contributed by atoms with Gasteiger partial charge in [-0.2, -0.15) is 0 Å². The number of hydrogen-bond acceptors (Lipinski definition) is 6. The Balaban J connectivity index is 1.88. The Morgan fingerprint density at radius 2 is 1.74 bits per heavy atom. The van der Waals surface area contributed by atoms with Crippen molar-refractivity contribution in [1.82, 2.24) is 14.9 Å². The molecule has 0 saturated heterocycles. The van der Waals surface area contributed by atoms with E-state index in [0.29, 0.717) is 23.4 Å². The lowest BCUT2D eigenvalue weighted by Gasteiger charge is -2.42. The summed E-state index contributed by atoms with van der Waals surface area (Å²) >= 11 is 0. The SMILES string of the molecule is CCc1ccc(S(=O)(=O)N[C@@H]2c3cc(C(=O)NCCN(CC)CC)ccc3OC(C)(C)[C@H]2O)cc1. The lowest BCUT2D eigenvalue weighted by molar-refractivity contribution is -0.0603. The lowest BCUT2D eigenvalue weighted by Crippen LogP contribution is -2.53. The van der Waals surface area contributed by atoms with E-state index in [1.165, 1.54) is 0 Å². The number of benzene rings is 2. The van der Waals surface area contributed by atoms with E-state index in [9.17, 15) is 18.3 Å². The summed E-state index contributed by atoms with van der Waals surface area (Å²) in [4.78, 5) is 15.1. The first kappa shape index (κ1) is 27.1. The molecule has 0 unspecified atom stereocenters. The van der Waals surface area contributed by atoms with Crippen molar-refractivity contribution >= 4 is 15.9 Å². The van der Waals surface area contributed by atoms with Gasteiger partial charge >= 0.3 is 0 Å². The van der Waals surface area contributed by atoms with Crippen LogP contribution in [0.5, 0.6) is 5.75 Å². The molecule has 1 amide bonds. The van der Waals surface area contributed by atoms with Crippen LogP contribution in [-0.2, 0) is 16.4 Å². The van der Waals surface area contributed by atoms with Crippen LogP contribution in [0.3, 0.4) is 0 Å². The molecule has 0 aromatic heterocycles. The average Bonchev–Trinajstić information content (AvgIpc) is 2.84. The van der Waals surface area contributed by atoms with Gasteiger partial charge in [-0.05, 0) is 69.3 Å². The third-order valence-electron chi connectivity index (χ3n) is 6.54. The largest absolute Gasteiger partial charge is 0.485 e. The molecule has 8 nitrogen and oxygen atoms in total. The van der Waals surface area contributed by atoms with Gasteiger partial charge < -0.3 is 20.1 Å². The molecule has 1 aliphatic heterocycles. The summed E-state index contributed by atoms with van der Waals surface area (Å²) in [6.07, 6.45) is -0.381. The van der Waals surface area contributed by atoms with Crippen molar-refractivity contribution in [2.75, 3.05) is 26.2 Å². The van der Waals surface area contributed by atoms with Gasteiger partial charge in [0, 0.05) is 24.2 Å². The Morgan fingerprint density at radius 3 is 2.34 bits per heavy atom. The molecular weight excluding hydrogens is 466 g/mol. The molecule has 1 heterocycles. The molecule has 2 atom stereocenters. The summed E-state index contributed by atoms with van der Waals surface area (Å²) in [5, 5.41) is 14.0. The van der Waals surface area contributed by atoms with Gasteiger partial charge in [-0.3, -0.25) is 4.79 Å². The molecule has 2 aromatic rings. The Bertz CT molecular complexity index is 1130. The van der Waals surface area contributed by atoms with E-state index < -0.39 is 27.8 Å². The van der Waals surface area contributed by atoms with Gasteiger partial charge in [-0.25, -0.2) is 13.1 Å². The second-order valence-corrected chi connectivity index (χ2v) is 11.0. The Morgan fingerprint density at radius 1 is 1.09 bits per heavy atom. The first-order chi connectivity index (χ1) is 16.5. The van der Waals surface area contributed by atoms with E-state index in [2.05, 4.69) is 28.8 Å². The molecule has 0 spiro atoms. The van der Waals surface area contributed by atoms with Gasteiger partial charge in [0.1, 0.15) is 17.5 Å². The summed E-state index contributed by atoms with van der Waals surface area (Å²) < 4.78 is 35.0. The van der Waals surface area contributed by atoms with Crippen molar-refractivity contribution in [2.45, 2.75) is 63.7 Å². The molecule has 0 fully saturated rings. The van der Waals surface area contributed by atoms with Crippen LogP contribution in [0.25, 0.3) is 0 Å². The number of ether oxygens (including phenoxy) is 1. The van der Waals surface area contributed by atoms with E-state index in [1.54, 1.807) is 56.3 Å². The van der Waals surface area contributed by atoms with E-state index in [-0.39, 0.29) is 10.8 Å². The zero-order valence-corrected chi connectivity index (χ0v) is 22.0. The van der Waals surface area contributed by atoms with Crippen molar-refractivity contribution in [3.8, 4) is 5.75 Å². The molecule has 0 saturated carbocycles. The van der Waals surface area contributed by atoms with Crippen molar-refractivity contribution in [3.63, 3.8) is 0 Å². The van der Waals surface area contributed by atoms with Crippen LogP contribution in [0.15, 0.2) is 47.4 Å². The summed E-state index contributed by atoms with van der Waals surface area (Å²) in [6, 6.07) is 10.5. The van der Waals surface area contributed by atoms with E-state index in [0.717, 1.165) is 31.6 Å². The Labute approximate surface area is 208 Å². The van der Waals surface area contributed by atoms with Crippen molar-refractivity contribution in [3.05, 3.63) is 59.2 Å². The zero-order valence-electron chi connectivity index (χ0n) is 21.2. The van der Waals surface area contributed by atoms with Crippen LogP contribution < -0.4 is 14.8 Å². The number of carbonyl (C=O) groups is 1. The smallest absolute Gasteiger partial charge is 0.251 e. The fourth-order valence-corrected chi connectivity index (χ4v) is 5.40. The van der Waals surface area contributed by atoms with Crippen molar-refractivity contribution < 1.29 is 23.1 Å². The maximum absolute atomic E-state index is 13.2. The predicted octanol–water partition coefficient (Wildman–Crippen LogP) is 2.87. The zero-order chi connectivity index (χ0) is 25.8. The van der Waals surface area contributed by atoms with Crippen molar-refractivity contribution in [2.24, 2.45) is 0 Å². The van der Waals surface area contributed by atoms with Crippen LogP contribution in [0.1, 0.15) is 62.1 Å². The minimum absolute atomic E-state index is 0.109. The number of nitrogens with zero attached hydrogens (tertiary/aromatic N) is 1. The predicted molar refractivity (Wildman–Crippen MR) is 136 cm³/mol. The van der Waals surface area contributed by atoms with Crippen LogP contribution in [-0.4, -0.2) is 62.2 Å². The highest BCUT2D eigenvalue weighted by Crippen LogP contribution is 2.41. The second kappa shape index (κ2) is 11.1. The molecule has 35 heavy (non-hydrogen) atoms. The fourth-order valence-electron chi connectivity index (χ4n) is 4.18. The Hall–Kier alpha value is -2.46. The number of likely N-dealkylation sites (N-methyl/N-ethyl adjacent to an activating group) is 1. The van der Waals surface area contributed by atoms with Crippen LogP contribution in [0.2, 0.25) is 0 Å². The summed E-state index contributed by atoms with van der Waals surface area (Å²) in [7, 11) is -3.95. The van der Waals surface area contributed by atoms with Crippen LogP contribution >= 0.6 is 0 Å². The molecule has 3 N–H and O–H groups in total. The molecular formula is C26H37N3O5S. The normalized spacial score (nSPS) is 19.2. The van der Waals surface area contributed by atoms with Crippen LogP contribution in [0, 0.1) is 0 Å². The summed E-state index contributed by atoms with van der Waals surface area (Å²) in [5.41, 5.74) is 0.773. The molecule has 3 rings (SSSR count). The number of aryl methyl sites for hydroxylation is 1. The molecule has 0 radical (unpaired) electrons. The quantitative estimate of drug-likeness (QED) is 0.460. The molecule has 9 heteroatoms. The van der Waals surface area contributed by atoms with Crippen LogP contribution in [0.4, 0.5) is 0 Å². The number of fused-ring (bicyclic) bond motifs is 1. The average molecular weight is 504 g/mol. The minimum atomic E-state index is -3.95. The molecule has 0 bridgehead atoms. The maximum atomic E-state index is 13.2. The monoisotopic (exact) mass is 503 g/mol. The third kappa shape index (κ3) is 6.22. The number of rotatable bonds is 10. The van der Waals surface area contributed by atoms with E-state index in [1.807, 2.05) is 6.92 Å². The minimum Gasteiger partial charge on any atom is -0.485 e. The van der Waals surface area contributed by atoms with E-state index in [4.69, 9.17) is 4.74 Å². The molecule has 192 valence electrons. The third-order valence-corrected chi connectivity index (χ3v) is 8.00. The highest BCUT2D eigenvalue weighted by Gasteiger charge is 2.44. The van der Waals surface area contributed by atoms with Gasteiger partial charge in [0.15, 0.2) is 0 Å². The highest BCUT2D eigenvalue weighted by atomic mass is 32.2.